The van der Waals surface area contributed by atoms with Gasteiger partial charge >= 0.3 is 0 Å². The molecule has 3 nitrogen and oxygen atoms in total. The zero-order valence-corrected chi connectivity index (χ0v) is 10.3. The topological polar surface area (TPSA) is 55.1 Å². The molecule has 0 aliphatic heterocycles. The lowest BCUT2D eigenvalue weighted by Crippen LogP contribution is -2.49. The second kappa shape index (κ2) is 4.97. The van der Waals surface area contributed by atoms with Gasteiger partial charge in [0.2, 0.25) is 0 Å². The van der Waals surface area contributed by atoms with Gasteiger partial charge in [-0.1, -0.05) is 12.8 Å². The third kappa shape index (κ3) is 2.44. The van der Waals surface area contributed by atoms with Crippen molar-refractivity contribution in [1.82, 2.24) is 5.32 Å². The van der Waals surface area contributed by atoms with Crippen molar-refractivity contribution in [2.75, 3.05) is 0 Å². The largest absolute Gasteiger partial charge is 0.347 e. The van der Waals surface area contributed by atoms with E-state index >= 15 is 0 Å². The second-order valence-corrected chi connectivity index (χ2v) is 5.38. The number of amides is 1. The fourth-order valence-electron chi connectivity index (χ4n) is 2.18. The zero-order chi connectivity index (χ0) is 11.5. The van der Waals surface area contributed by atoms with Gasteiger partial charge in [-0.15, -0.1) is 11.3 Å². The van der Waals surface area contributed by atoms with E-state index in [9.17, 15) is 4.79 Å². The molecule has 88 valence electrons. The predicted molar refractivity (Wildman–Crippen MR) is 66.8 cm³/mol. The fraction of sp³-hybridized carbons (Fsp3) is 0.583. The molecule has 1 aromatic rings. The van der Waals surface area contributed by atoms with Crippen LogP contribution in [-0.4, -0.2) is 18.0 Å². The Morgan fingerprint density at radius 1 is 1.50 bits per heavy atom. The Bertz CT molecular complexity index is 375. The first-order valence-corrected chi connectivity index (χ1v) is 6.67. The van der Waals surface area contributed by atoms with Crippen LogP contribution in [-0.2, 0) is 0 Å². The van der Waals surface area contributed by atoms with E-state index in [1.165, 1.54) is 24.2 Å². The van der Waals surface area contributed by atoms with E-state index < -0.39 is 0 Å². The molecule has 2 rings (SSSR count). The van der Waals surface area contributed by atoms with Gasteiger partial charge < -0.3 is 11.1 Å². The van der Waals surface area contributed by atoms with Gasteiger partial charge in [-0.25, -0.2) is 0 Å². The summed E-state index contributed by atoms with van der Waals surface area (Å²) in [5.41, 5.74) is 7.06. The molecule has 0 radical (unpaired) electrons. The highest BCUT2D eigenvalue weighted by atomic mass is 32.1. The van der Waals surface area contributed by atoms with E-state index in [0.717, 1.165) is 23.3 Å². The van der Waals surface area contributed by atoms with Crippen molar-refractivity contribution in [2.45, 2.75) is 44.7 Å². The van der Waals surface area contributed by atoms with E-state index in [1.807, 2.05) is 18.4 Å². The normalized spacial score (nSPS) is 25.4. The Labute approximate surface area is 100 Å². The molecule has 0 saturated heterocycles. The second-order valence-electron chi connectivity index (χ2n) is 4.46. The van der Waals surface area contributed by atoms with E-state index in [2.05, 4.69) is 5.32 Å². The van der Waals surface area contributed by atoms with Crippen LogP contribution in [0, 0.1) is 6.92 Å². The lowest BCUT2D eigenvalue weighted by atomic mass is 9.91. The molecule has 1 saturated carbocycles. The molecule has 0 spiro atoms. The summed E-state index contributed by atoms with van der Waals surface area (Å²) in [6, 6.07) is 2.25. The standard InChI is InChI=1S/C12H18N2OS/c1-8-6-7-16-11(8)12(15)14-10-5-3-2-4-9(10)13/h6-7,9-10H,2-5,13H2,1H3,(H,14,15)/t9-,10+/m1/s1. The SMILES string of the molecule is Cc1ccsc1C(=O)N[C@H]1CCCC[C@H]1N. The molecule has 16 heavy (non-hydrogen) atoms. The number of thiophene rings is 1. The first-order valence-electron chi connectivity index (χ1n) is 5.79. The highest BCUT2D eigenvalue weighted by Crippen LogP contribution is 2.19. The smallest absolute Gasteiger partial charge is 0.261 e. The summed E-state index contributed by atoms with van der Waals surface area (Å²) in [6.07, 6.45) is 4.39. The molecular weight excluding hydrogens is 220 g/mol. The minimum Gasteiger partial charge on any atom is -0.347 e. The minimum atomic E-state index is 0.0369. The first-order chi connectivity index (χ1) is 7.68. The van der Waals surface area contributed by atoms with E-state index in [1.54, 1.807) is 0 Å². The molecule has 4 heteroatoms. The Morgan fingerprint density at radius 3 is 2.88 bits per heavy atom. The minimum absolute atomic E-state index is 0.0369. The van der Waals surface area contributed by atoms with Crippen LogP contribution in [0.2, 0.25) is 0 Å². The van der Waals surface area contributed by atoms with Crippen LogP contribution in [0.15, 0.2) is 11.4 Å². The van der Waals surface area contributed by atoms with Crippen molar-refractivity contribution < 1.29 is 4.79 Å². The van der Waals surface area contributed by atoms with Crippen molar-refractivity contribution >= 4 is 17.2 Å². The lowest BCUT2D eigenvalue weighted by Gasteiger charge is -2.29. The Morgan fingerprint density at radius 2 is 2.25 bits per heavy atom. The summed E-state index contributed by atoms with van der Waals surface area (Å²) >= 11 is 1.49. The molecule has 1 aliphatic rings. The van der Waals surface area contributed by atoms with Crippen LogP contribution in [0.5, 0.6) is 0 Å². The van der Waals surface area contributed by atoms with Crippen molar-refractivity contribution in [1.29, 1.82) is 0 Å². The highest BCUT2D eigenvalue weighted by Gasteiger charge is 2.24. The monoisotopic (exact) mass is 238 g/mol. The average Bonchev–Trinajstić information content (AvgIpc) is 2.68. The van der Waals surface area contributed by atoms with Gasteiger partial charge in [-0.3, -0.25) is 4.79 Å². The third-order valence-electron chi connectivity index (χ3n) is 3.20. The van der Waals surface area contributed by atoms with Gasteiger partial charge in [-0.2, -0.15) is 0 Å². The Balaban J connectivity index is 1.99. The molecule has 1 amide bonds. The Hall–Kier alpha value is -0.870. The van der Waals surface area contributed by atoms with Crippen LogP contribution in [0.3, 0.4) is 0 Å². The summed E-state index contributed by atoms with van der Waals surface area (Å²) < 4.78 is 0. The maximum Gasteiger partial charge on any atom is 0.261 e. The van der Waals surface area contributed by atoms with Crippen LogP contribution in [0.25, 0.3) is 0 Å². The molecule has 1 fully saturated rings. The molecule has 3 N–H and O–H groups in total. The summed E-state index contributed by atoms with van der Waals surface area (Å²) in [5, 5.41) is 5.01. The number of carbonyl (C=O) groups excluding carboxylic acids is 1. The van der Waals surface area contributed by atoms with Gasteiger partial charge in [0.15, 0.2) is 0 Å². The number of aryl methyl sites for hydroxylation is 1. The summed E-state index contributed by atoms with van der Waals surface area (Å²) in [6.45, 7) is 1.96. The van der Waals surface area contributed by atoms with Crippen LogP contribution in [0.1, 0.15) is 40.9 Å². The van der Waals surface area contributed by atoms with E-state index in [0.29, 0.717) is 0 Å². The van der Waals surface area contributed by atoms with E-state index in [4.69, 9.17) is 5.73 Å². The van der Waals surface area contributed by atoms with E-state index in [-0.39, 0.29) is 18.0 Å². The molecule has 2 atom stereocenters. The van der Waals surface area contributed by atoms with Gasteiger partial charge in [-0.05, 0) is 36.8 Å². The van der Waals surface area contributed by atoms with Gasteiger partial charge in [0.05, 0.1) is 4.88 Å². The van der Waals surface area contributed by atoms with Crippen molar-refractivity contribution in [2.24, 2.45) is 5.73 Å². The maximum atomic E-state index is 12.0. The molecule has 1 aliphatic carbocycles. The zero-order valence-electron chi connectivity index (χ0n) is 9.53. The quantitative estimate of drug-likeness (QED) is 0.828. The van der Waals surface area contributed by atoms with Gasteiger partial charge in [0.25, 0.3) is 5.91 Å². The van der Waals surface area contributed by atoms with Gasteiger partial charge in [0, 0.05) is 12.1 Å². The van der Waals surface area contributed by atoms with Crippen LogP contribution < -0.4 is 11.1 Å². The number of carbonyl (C=O) groups is 1. The third-order valence-corrected chi connectivity index (χ3v) is 4.22. The number of hydrogen-bond acceptors (Lipinski definition) is 3. The molecule has 0 bridgehead atoms. The van der Waals surface area contributed by atoms with Gasteiger partial charge in [0.1, 0.15) is 0 Å². The summed E-state index contributed by atoms with van der Waals surface area (Å²) in [5.74, 6) is 0.0369. The molecule has 0 unspecified atom stereocenters. The average molecular weight is 238 g/mol. The number of nitrogens with two attached hydrogens (primary N) is 1. The highest BCUT2D eigenvalue weighted by molar-refractivity contribution is 7.12. The number of hydrogen-bond donors (Lipinski definition) is 2. The molecule has 1 heterocycles. The predicted octanol–water partition coefficient (Wildman–Crippen LogP) is 2.06. The fourth-order valence-corrected chi connectivity index (χ4v) is 3.01. The molecule has 0 aromatic carbocycles. The number of nitrogens with one attached hydrogen (secondary N) is 1. The number of rotatable bonds is 2. The van der Waals surface area contributed by atoms with Crippen LogP contribution >= 0.6 is 11.3 Å². The van der Waals surface area contributed by atoms with Crippen molar-refractivity contribution in [3.05, 3.63) is 21.9 Å². The van der Waals surface area contributed by atoms with Crippen molar-refractivity contribution in [3.63, 3.8) is 0 Å². The summed E-state index contributed by atoms with van der Waals surface area (Å²) in [4.78, 5) is 12.8. The lowest BCUT2D eigenvalue weighted by molar-refractivity contribution is 0.0925. The van der Waals surface area contributed by atoms with Crippen molar-refractivity contribution in [3.8, 4) is 0 Å². The molecule has 1 aromatic heterocycles. The maximum absolute atomic E-state index is 12.0. The first kappa shape index (κ1) is 11.6. The molecular formula is C12H18N2OS. The van der Waals surface area contributed by atoms with Crippen LogP contribution in [0.4, 0.5) is 0 Å². The summed E-state index contributed by atoms with van der Waals surface area (Å²) in [7, 11) is 0. The Kier molecular flexibility index (Phi) is 3.61.